The average molecular weight is 336 g/mol. The lowest BCUT2D eigenvalue weighted by atomic mass is 9.83. The van der Waals surface area contributed by atoms with Gasteiger partial charge in [-0.3, -0.25) is 9.59 Å². The van der Waals surface area contributed by atoms with Gasteiger partial charge < -0.3 is 4.74 Å². The van der Waals surface area contributed by atoms with Crippen molar-refractivity contribution in [2.45, 2.75) is 25.7 Å². The van der Waals surface area contributed by atoms with Crippen LogP contribution >= 0.6 is 0 Å². The summed E-state index contributed by atoms with van der Waals surface area (Å²) in [7, 11) is 0. The van der Waals surface area contributed by atoms with Crippen LogP contribution < -0.4 is 0 Å². The lowest BCUT2D eigenvalue weighted by Gasteiger charge is -2.18. The van der Waals surface area contributed by atoms with Gasteiger partial charge in [0.2, 0.25) is 0 Å². The van der Waals surface area contributed by atoms with Gasteiger partial charge in [0.15, 0.2) is 5.78 Å². The zero-order chi connectivity index (χ0) is 17.8. The van der Waals surface area contributed by atoms with E-state index in [1.165, 1.54) is 0 Å². The zero-order valence-electron chi connectivity index (χ0n) is 14.1. The maximum absolute atomic E-state index is 13.1. The quantitative estimate of drug-likeness (QED) is 0.462. The first kappa shape index (κ1) is 17.1. The number of ether oxygens (including phenoxy) is 1. The lowest BCUT2D eigenvalue weighted by Crippen LogP contribution is -2.34. The molecular formula is C21H20O4. The summed E-state index contributed by atoms with van der Waals surface area (Å²) in [6.45, 7) is 1.74. The van der Waals surface area contributed by atoms with Crippen LogP contribution in [0.5, 0.6) is 0 Å². The van der Waals surface area contributed by atoms with Gasteiger partial charge in [-0.25, -0.2) is 4.79 Å². The molecule has 1 atom stereocenters. The first-order valence-electron chi connectivity index (χ1n) is 8.48. The molecule has 2 aromatic carbocycles. The number of rotatable bonds is 6. The fraction of sp³-hybridized carbons (Fsp3) is 0.286. The minimum atomic E-state index is -1.10. The molecule has 1 unspecified atom stereocenters. The molecule has 0 aromatic heterocycles. The molecule has 0 heterocycles. The van der Waals surface area contributed by atoms with Crippen LogP contribution in [0.25, 0.3) is 0 Å². The second-order valence-electron chi connectivity index (χ2n) is 6.20. The molecule has 0 spiro atoms. The Labute approximate surface area is 146 Å². The van der Waals surface area contributed by atoms with Crippen molar-refractivity contribution in [1.82, 2.24) is 0 Å². The number of hydrogen-bond acceptors (Lipinski definition) is 4. The van der Waals surface area contributed by atoms with E-state index in [1.807, 2.05) is 30.3 Å². The third kappa shape index (κ3) is 3.53. The van der Waals surface area contributed by atoms with E-state index in [0.717, 1.165) is 11.1 Å². The minimum Gasteiger partial charge on any atom is -0.460 e. The fourth-order valence-electron chi connectivity index (χ4n) is 3.41. The standard InChI is InChI=1S/C21H20O4/c1-2-25-21(24)20(23)18(14-8-4-3-5-9-14)19(22)17-12-15-10-6-7-11-16(15)13-17/h3-11,17-18H,2,12-13H2,1H3. The first-order chi connectivity index (χ1) is 12.1. The Hall–Kier alpha value is -2.75. The molecule has 1 aliphatic rings. The Morgan fingerprint density at radius 2 is 1.52 bits per heavy atom. The lowest BCUT2D eigenvalue weighted by molar-refractivity contribution is -0.155. The second-order valence-corrected chi connectivity index (χ2v) is 6.20. The van der Waals surface area contributed by atoms with E-state index in [0.29, 0.717) is 18.4 Å². The van der Waals surface area contributed by atoms with Gasteiger partial charge in [-0.2, -0.15) is 0 Å². The van der Waals surface area contributed by atoms with Crippen molar-refractivity contribution >= 4 is 17.5 Å². The third-order valence-corrected chi connectivity index (χ3v) is 4.61. The largest absolute Gasteiger partial charge is 0.460 e. The van der Waals surface area contributed by atoms with E-state index in [-0.39, 0.29) is 18.3 Å². The number of esters is 1. The molecule has 3 rings (SSSR count). The van der Waals surface area contributed by atoms with E-state index in [9.17, 15) is 14.4 Å². The molecular weight excluding hydrogens is 316 g/mol. The molecule has 2 aromatic rings. The van der Waals surface area contributed by atoms with Gasteiger partial charge in [-0.15, -0.1) is 0 Å². The Morgan fingerprint density at radius 3 is 2.08 bits per heavy atom. The molecule has 0 N–H and O–H groups in total. The van der Waals surface area contributed by atoms with Gasteiger partial charge in [0.25, 0.3) is 5.78 Å². The molecule has 0 amide bonds. The van der Waals surface area contributed by atoms with E-state index in [1.54, 1.807) is 31.2 Å². The predicted octanol–water partition coefficient (Wildman–Crippen LogP) is 2.89. The SMILES string of the molecule is CCOC(=O)C(=O)C(C(=O)C1Cc2ccccc2C1)c1ccccc1. The fourth-order valence-corrected chi connectivity index (χ4v) is 3.41. The summed E-state index contributed by atoms with van der Waals surface area (Å²) in [6.07, 6.45) is 1.21. The molecule has 4 heteroatoms. The topological polar surface area (TPSA) is 60.4 Å². The number of fused-ring (bicyclic) bond motifs is 1. The number of benzene rings is 2. The molecule has 0 saturated heterocycles. The summed E-state index contributed by atoms with van der Waals surface area (Å²) >= 11 is 0. The summed E-state index contributed by atoms with van der Waals surface area (Å²) < 4.78 is 4.84. The summed E-state index contributed by atoms with van der Waals surface area (Å²) in [5.41, 5.74) is 2.81. The van der Waals surface area contributed by atoms with Crippen molar-refractivity contribution in [2.75, 3.05) is 6.61 Å². The highest BCUT2D eigenvalue weighted by Gasteiger charge is 2.39. The van der Waals surface area contributed by atoms with Crippen LogP contribution in [0.3, 0.4) is 0 Å². The molecule has 0 bridgehead atoms. The van der Waals surface area contributed by atoms with Crippen LogP contribution in [0.15, 0.2) is 54.6 Å². The monoisotopic (exact) mass is 336 g/mol. The molecule has 128 valence electrons. The van der Waals surface area contributed by atoms with Gasteiger partial charge >= 0.3 is 5.97 Å². The van der Waals surface area contributed by atoms with Gasteiger partial charge in [0.05, 0.1) is 6.61 Å². The highest BCUT2D eigenvalue weighted by atomic mass is 16.5. The Bertz CT molecular complexity index is 770. The molecule has 0 radical (unpaired) electrons. The third-order valence-electron chi connectivity index (χ3n) is 4.61. The first-order valence-corrected chi connectivity index (χ1v) is 8.48. The van der Waals surface area contributed by atoms with Crippen LogP contribution in [0.1, 0.15) is 29.5 Å². The minimum absolute atomic E-state index is 0.106. The molecule has 25 heavy (non-hydrogen) atoms. The molecule has 1 aliphatic carbocycles. The normalized spacial score (nSPS) is 14.6. The van der Waals surface area contributed by atoms with E-state index in [2.05, 4.69) is 0 Å². The Kier molecular flexibility index (Phi) is 5.08. The van der Waals surface area contributed by atoms with Gasteiger partial charge in [-0.05, 0) is 36.5 Å². The van der Waals surface area contributed by atoms with Crippen LogP contribution in [-0.2, 0) is 32.0 Å². The summed E-state index contributed by atoms with van der Waals surface area (Å²) in [4.78, 5) is 37.7. The summed E-state index contributed by atoms with van der Waals surface area (Å²) in [6, 6.07) is 16.7. The van der Waals surface area contributed by atoms with Crippen LogP contribution in [-0.4, -0.2) is 24.1 Å². The predicted molar refractivity (Wildman–Crippen MR) is 93.2 cm³/mol. The van der Waals surface area contributed by atoms with Crippen LogP contribution in [0.2, 0.25) is 0 Å². The number of hydrogen-bond donors (Lipinski definition) is 0. The van der Waals surface area contributed by atoms with Gasteiger partial charge in [0.1, 0.15) is 5.92 Å². The molecule has 0 saturated carbocycles. The second kappa shape index (κ2) is 7.43. The van der Waals surface area contributed by atoms with Crippen molar-refractivity contribution in [3.05, 3.63) is 71.3 Å². The summed E-state index contributed by atoms with van der Waals surface area (Å²) in [5, 5.41) is 0. The number of carbonyl (C=O) groups excluding carboxylic acids is 3. The van der Waals surface area contributed by atoms with E-state index < -0.39 is 17.7 Å². The average Bonchev–Trinajstić information content (AvgIpc) is 3.07. The van der Waals surface area contributed by atoms with E-state index in [4.69, 9.17) is 4.74 Å². The number of carbonyl (C=O) groups is 3. The van der Waals surface area contributed by atoms with Crippen molar-refractivity contribution < 1.29 is 19.1 Å². The van der Waals surface area contributed by atoms with E-state index >= 15 is 0 Å². The highest BCUT2D eigenvalue weighted by Crippen LogP contribution is 2.32. The van der Waals surface area contributed by atoms with Crippen molar-refractivity contribution in [3.63, 3.8) is 0 Å². The maximum Gasteiger partial charge on any atom is 0.375 e. The molecule has 0 fully saturated rings. The molecule has 0 aliphatic heterocycles. The van der Waals surface area contributed by atoms with Crippen LogP contribution in [0, 0.1) is 5.92 Å². The Morgan fingerprint density at radius 1 is 0.960 bits per heavy atom. The molecule has 4 nitrogen and oxygen atoms in total. The highest BCUT2D eigenvalue weighted by molar-refractivity contribution is 6.40. The Balaban J connectivity index is 1.88. The van der Waals surface area contributed by atoms with Gasteiger partial charge in [-0.1, -0.05) is 54.6 Å². The smallest absolute Gasteiger partial charge is 0.375 e. The van der Waals surface area contributed by atoms with Crippen molar-refractivity contribution in [3.8, 4) is 0 Å². The zero-order valence-corrected chi connectivity index (χ0v) is 14.1. The van der Waals surface area contributed by atoms with Crippen molar-refractivity contribution in [2.24, 2.45) is 5.92 Å². The summed E-state index contributed by atoms with van der Waals surface area (Å²) in [5.74, 6) is -3.32. The number of Topliss-reactive ketones (excluding diaryl/α,β-unsaturated/α-hetero) is 2. The van der Waals surface area contributed by atoms with Gasteiger partial charge in [0, 0.05) is 5.92 Å². The number of ketones is 2. The van der Waals surface area contributed by atoms with Crippen LogP contribution in [0.4, 0.5) is 0 Å². The van der Waals surface area contributed by atoms with Crippen molar-refractivity contribution in [1.29, 1.82) is 0 Å². The maximum atomic E-state index is 13.1.